The van der Waals surface area contributed by atoms with Crippen molar-refractivity contribution in [3.63, 3.8) is 0 Å². The van der Waals surface area contributed by atoms with Gasteiger partial charge in [0.25, 0.3) is 0 Å². The monoisotopic (exact) mass is 449 g/mol. The first-order valence-electron chi connectivity index (χ1n) is 10.4. The number of aliphatic carboxylic acids is 1. The highest BCUT2D eigenvalue weighted by molar-refractivity contribution is 5.90. The highest BCUT2D eigenvalue weighted by atomic mass is 19.4. The lowest BCUT2D eigenvalue weighted by molar-refractivity contribution is -0.159. The van der Waals surface area contributed by atoms with E-state index in [0.717, 1.165) is 4.90 Å². The van der Waals surface area contributed by atoms with Crippen molar-refractivity contribution in [1.82, 2.24) is 15.1 Å². The topological polar surface area (TPSA) is 90.0 Å². The smallest absolute Gasteiger partial charge is 0.401 e. The van der Waals surface area contributed by atoms with Gasteiger partial charge in [-0.3, -0.25) is 19.3 Å². The van der Waals surface area contributed by atoms with Gasteiger partial charge in [0, 0.05) is 13.6 Å². The minimum absolute atomic E-state index is 0.141. The molecule has 0 radical (unpaired) electrons. The Morgan fingerprint density at radius 3 is 2.35 bits per heavy atom. The molecular formula is C21H34F3N3O4. The quantitative estimate of drug-likeness (QED) is 0.556. The normalized spacial score (nSPS) is 19.6. The third kappa shape index (κ3) is 9.28. The summed E-state index contributed by atoms with van der Waals surface area (Å²) in [5.41, 5.74) is -0.0850. The van der Waals surface area contributed by atoms with E-state index >= 15 is 0 Å². The molecule has 0 saturated carbocycles. The van der Waals surface area contributed by atoms with Gasteiger partial charge in [0.1, 0.15) is 6.04 Å². The number of hydrogen-bond donors (Lipinski definition) is 2. The van der Waals surface area contributed by atoms with Crippen LogP contribution < -0.4 is 5.32 Å². The first-order chi connectivity index (χ1) is 14.1. The third-order valence-electron chi connectivity index (χ3n) is 5.22. The lowest BCUT2D eigenvalue weighted by Gasteiger charge is -2.38. The molecule has 0 aromatic rings. The maximum atomic E-state index is 13.0. The number of carboxylic acid groups (broad SMARTS) is 1. The van der Waals surface area contributed by atoms with Gasteiger partial charge in [0.15, 0.2) is 0 Å². The standard InChI is InChI=1S/C21H34F3N3O4/c1-14(12-16(28)29)9-11-26(5)19(31)17(20(2,3)4)25-18(30)15-8-6-7-10-27(15)13-21(22,23)24/h9,15,17H,6-8,10-13H2,1-5H3,(H,25,30)(H,28,29)/b14-9+/t15-,17?/m1/s1. The van der Waals surface area contributed by atoms with Crippen LogP contribution in [0.1, 0.15) is 53.4 Å². The van der Waals surface area contributed by atoms with Gasteiger partial charge < -0.3 is 15.3 Å². The maximum Gasteiger partial charge on any atom is 0.401 e. The number of halogens is 3. The number of likely N-dealkylation sites (N-methyl/N-ethyl adjacent to an activating group) is 1. The molecule has 2 amide bonds. The van der Waals surface area contributed by atoms with Crippen LogP contribution in [0.25, 0.3) is 0 Å². The van der Waals surface area contributed by atoms with Gasteiger partial charge in [-0.1, -0.05) is 38.8 Å². The fraction of sp³-hybridized carbons (Fsp3) is 0.762. The van der Waals surface area contributed by atoms with Crippen molar-refractivity contribution >= 4 is 17.8 Å². The lowest BCUT2D eigenvalue weighted by Crippen LogP contribution is -2.59. The van der Waals surface area contributed by atoms with E-state index < -0.39 is 48.0 Å². The summed E-state index contributed by atoms with van der Waals surface area (Å²) < 4.78 is 38.7. The Balaban J connectivity index is 2.92. The van der Waals surface area contributed by atoms with Gasteiger partial charge in [-0.15, -0.1) is 0 Å². The second-order valence-electron chi connectivity index (χ2n) is 9.24. The summed E-state index contributed by atoms with van der Waals surface area (Å²) in [6.45, 7) is 6.13. The van der Waals surface area contributed by atoms with Gasteiger partial charge in [-0.2, -0.15) is 13.2 Å². The summed E-state index contributed by atoms with van der Waals surface area (Å²) >= 11 is 0. The van der Waals surface area contributed by atoms with Crippen LogP contribution in [0.3, 0.4) is 0 Å². The average Bonchev–Trinajstić information content (AvgIpc) is 2.61. The summed E-state index contributed by atoms with van der Waals surface area (Å²) in [6.07, 6.45) is -1.38. The zero-order valence-corrected chi connectivity index (χ0v) is 18.9. The Kier molecular flexibility index (Phi) is 9.53. The van der Waals surface area contributed by atoms with Crippen LogP contribution in [-0.2, 0) is 14.4 Å². The summed E-state index contributed by atoms with van der Waals surface area (Å²) in [7, 11) is 1.54. The first kappa shape index (κ1) is 26.9. The van der Waals surface area contributed by atoms with E-state index in [0.29, 0.717) is 24.8 Å². The van der Waals surface area contributed by atoms with Crippen molar-refractivity contribution in [3.8, 4) is 0 Å². The van der Waals surface area contributed by atoms with Gasteiger partial charge >= 0.3 is 12.1 Å². The number of rotatable bonds is 8. The summed E-state index contributed by atoms with van der Waals surface area (Å²) in [4.78, 5) is 39.2. The second kappa shape index (κ2) is 11.0. The molecule has 0 spiro atoms. The molecule has 2 atom stereocenters. The highest BCUT2D eigenvalue weighted by Crippen LogP contribution is 2.26. The Labute approximate surface area is 181 Å². The number of nitrogens with zero attached hydrogens (tertiary/aromatic N) is 2. The van der Waals surface area contributed by atoms with Crippen LogP contribution in [0, 0.1) is 5.41 Å². The van der Waals surface area contributed by atoms with E-state index in [2.05, 4.69) is 5.32 Å². The zero-order chi connectivity index (χ0) is 24.0. The Morgan fingerprint density at radius 2 is 1.84 bits per heavy atom. The summed E-state index contributed by atoms with van der Waals surface area (Å²) in [6, 6.07) is -1.87. The molecule has 0 aromatic carbocycles. The van der Waals surface area contributed by atoms with Crippen LogP contribution in [0.2, 0.25) is 0 Å². The zero-order valence-electron chi connectivity index (χ0n) is 18.9. The average molecular weight is 450 g/mol. The molecule has 31 heavy (non-hydrogen) atoms. The van der Waals surface area contributed by atoms with Gasteiger partial charge in [-0.25, -0.2) is 0 Å². The molecule has 2 N–H and O–H groups in total. The van der Waals surface area contributed by atoms with E-state index in [1.807, 2.05) is 0 Å². The van der Waals surface area contributed by atoms with Crippen molar-refractivity contribution in [2.24, 2.45) is 5.41 Å². The molecular weight excluding hydrogens is 415 g/mol. The minimum Gasteiger partial charge on any atom is -0.481 e. The largest absolute Gasteiger partial charge is 0.481 e. The van der Waals surface area contributed by atoms with Crippen LogP contribution in [-0.4, -0.2) is 77.6 Å². The van der Waals surface area contributed by atoms with Crippen molar-refractivity contribution in [1.29, 1.82) is 0 Å². The number of piperidine rings is 1. The molecule has 10 heteroatoms. The van der Waals surface area contributed by atoms with E-state index in [9.17, 15) is 27.6 Å². The molecule has 0 aliphatic carbocycles. The van der Waals surface area contributed by atoms with Crippen molar-refractivity contribution in [2.45, 2.75) is 71.6 Å². The molecule has 0 aromatic heterocycles. The molecule has 1 aliphatic rings. The molecule has 1 saturated heterocycles. The van der Waals surface area contributed by atoms with E-state index in [1.54, 1.807) is 33.8 Å². The molecule has 1 heterocycles. The Morgan fingerprint density at radius 1 is 1.23 bits per heavy atom. The predicted molar refractivity (Wildman–Crippen MR) is 110 cm³/mol. The lowest BCUT2D eigenvalue weighted by atomic mass is 9.85. The predicted octanol–water partition coefficient (Wildman–Crippen LogP) is 2.81. The summed E-state index contributed by atoms with van der Waals surface area (Å²) in [5.74, 6) is -1.94. The number of likely N-dealkylation sites (tertiary alicyclic amines) is 1. The van der Waals surface area contributed by atoms with E-state index in [-0.39, 0.29) is 19.5 Å². The van der Waals surface area contributed by atoms with Gasteiger partial charge in [0.2, 0.25) is 11.8 Å². The van der Waals surface area contributed by atoms with Crippen molar-refractivity contribution in [2.75, 3.05) is 26.7 Å². The molecule has 7 nitrogen and oxygen atoms in total. The fourth-order valence-electron chi connectivity index (χ4n) is 3.51. The Hall–Kier alpha value is -2.10. The molecule has 1 rings (SSSR count). The number of carbonyl (C=O) groups excluding carboxylic acids is 2. The maximum absolute atomic E-state index is 13.0. The van der Waals surface area contributed by atoms with E-state index in [4.69, 9.17) is 5.11 Å². The van der Waals surface area contributed by atoms with Crippen LogP contribution in [0.4, 0.5) is 13.2 Å². The third-order valence-corrected chi connectivity index (χ3v) is 5.22. The number of hydrogen-bond acceptors (Lipinski definition) is 4. The molecule has 1 unspecified atom stereocenters. The number of carboxylic acids is 1. The van der Waals surface area contributed by atoms with Crippen LogP contribution in [0.15, 0.2) is 11.6 Å². The molecule has 178 valence electrons. The number of nitrogens with one attached hydrogen (secondary N) is 1. The van der Waals surface area contributed by atoms with E-state index in [1.165, 1.54) is 11.9 Å². The minimum atomic E-state index is -4.41. The summed E-state index contributed by atoms with van der Waals surface area (Å²) in [5, 5.41) is 11.5. The molecule has 1 fully saturated rings. The fourth-order valence-corrected chi connectivity index (χ4v) is 3.51. The Bertz CT molecular complexity index is 686. The molecule has 0 bridgehead atoms. The number of alkyl halides is 3. The van der Waals surface area contributed by atoms with Crippen LogP contribution >= 0.6 is 0 Å². The van der Waals surface area contributed by atoms with Crippen molar-refractivity contribution < 1.29 is 32.7 Å². The number of carbonyl (C=O) groups is 3. The SMILES string of the molecule is C/C(=C\CN(C)C(=O)C(NC(=O)[C@H]1CCCCN1CC(F)(F)F)C(C)(C)C)CC(=O)O. The van der Waals surface area contributed by atoms with Crippen LogP contribution in [0.5, 0.6) is 0 Å². The number of amides is 2. The van der Waals surface area contributed by atoms with Gasteiger partial charge in [-0.05, 0) is 31.7 Å². The first-order valence-corrected chi connectivity index (χ1v) is 10.4. The molecule has 1 aliphatic heterocycles. The second-order valence-corrected chi connectivity index (χ2v) is 9.24. The van der Waals surface area contributed by atoms with Gasteiger partial charge in [0.05, 0.1) is 19.0 Å². The highest BCUT2D eigenvalue weighted by Gasteiger charge is 2.40. The van der Waals surface area contributed by atoms with Crippen molar-refractivity contribution in [3.05, 3.63) is 11.6 Å².